The number of hydrogen-bond acceptors (Lipinski definition) is 5. The monoisotopic (exact) mass is 400 g/mol. The van der Waals surface area contributed by atoms with Crippen molar-refractivity contribution in [1.29, 1.82) is 0 Å². The second-order valence-corrected chi connectivity index (χ2v) is 8.58. The van der Waals surface area contributed by atoms with Gasteiger partial charge in [0.15, 0.2) is 14.6 Å². The van der Waals surface area contributed by atoms with Crippen LogP contribution in [-0.4, -0.2) is 31.8 Å². The van der Waals surface area contributed by atoms with Crippen molar-refractivity contribution in [2.45, 2.75) is 11.4 Å². The van der Waals surface area contributed by atoms with Gasteiger partial charge in [-0.25, -0.2) is 8.42 Å². The van der Waals surface area contributed by atoms with E-state index in [1.54, 1.807) is 4.57 Å². The molecule has 0 N–H and O–H groups in total. The molecule has 2 aromatic carbocycles. The maximum Gasteiger partial charge on any atom is 0.263 e. The van der Waals surface area contributed by atoms with Crippen molar-refractivity contribution in [3.63, 3.8) is 0 Å². The molecule has 6 nitrogen and oxygen atoms in total. The van der Waals surface area contributed by atoms with Crippen molar-refractivity contribution in [2.24, 2.45) is 4.99 Å². The third-order valence-electron chi connectivity index (χ3n) is 3.79. The fourth-order valence-corrected chi connectivity index (χ4v) is 4.67. The smallest absolute Gasteiger partial charge is 0.263 e. The molecule has 0 bridgehead atoms. The Morgan fingerprint density at radius 2 is 1.93 bits per heavy atom. The lowest BCUT2D eigenvalue weighted by atomic mass is 10.3. The largest absolute Gasteiger partial charge is 0.497 e. The number of sulfone groups is 1. The van der Waals surface area contributed by atoms with Gasteiger partial charge in [-0.1, -0.05) is 29.4 Å². The minimum Gasteiger partial charge on any atom is -0.497 e. The first-order valence-electron chi connectivity index (χ1n) is 7.91. The van der Waals surface area contributed by atoms with Crippen molar-refractivity contribution >= 4 is 37.3 Å². The van der Waals surface area contributed by atoms with Crippen molar-refractivity contribution in [3.05, 3.63) is 53.3 Å². The van der Waals surface area contributed by atoms with Gasteiger partial charge in [0.1, 0.15) is 11.5 Å². The fraction of sp³-hybridized carbons (Fsp3) is 0.158. The predicted octanol–water partition coefficient (Wildman–Crippen LogP) is 2.25. The normalized spacial score (nSPS) is 12.1. The van der Waals surface area contributed by atoms with Crippen molar-refractivity contribution in [1.82, 2.24) is 4.57 Å². The quantitative estimate of drug-likeness (QED) is 0.616. The summed E-state index contributed by atoms with van der Waals surface area (Å²) in [6.45, 7) is 0.237. The summed E-state index contributed by atoms with van der Waals surface area (Å²) in [7, 11) is -2.32. The van der Waals surface area contributed by atoms with E-state index in [0.29, 0.717) is 10.6 Å². The molecule has 138 valence electrons. The van der Waals surface area contributed by atoms with E-state index in [9.17, 15) is 13.2 Å². The molecule has 0 atom stereocenters. The summed E-state index contributed by atoms with van der Waals surface area (Å²) in [5.74, 6) is 1.60. The number of para-hydroxylation sites is 1. The van der Waals surface area contributed by atoms with Crippen molar-refractivity contribution in [3.8, 4) is 18.1 Å². The van der Waals surface area contributed by atoms with Crippen LogP contribution in [0.15, 0.2) is 58.4 Å². The van der Waals surface area contributed by atoms with Crippen LogP contribution in [0.1, 0.15) is 0 Å². The minimum absolute atomic E-state index is 0.0414. The second-order valence-electron chi connectivity index (χ2n) is 5.58. The van der Waals surface area contributed by atoms with E-state index in [0.717, 1.165) is 10.2 Å². The summed E-state index contributed by atoms with van der Waals surface area (Å²) in [6.07, 6.45) is 5.41. The number of methoxy groups -OCH3 is 1. The Labute approximate surface area is 160 Å². The zero-order chi connectivity index (χ0) is 19.4. The van der Waals surface area contributed by atoms with Gasteiger partial charge in [-0.05, 0) is 36.4 Å². The Hall–Kier alpha value is -2.89. The van der Waals surface area contributed by atoms with E-state index in [-0.39, 0.29) is 11.4 Å². The van der Waals surface area contributed by atoms with Gasteiger partial charge >= 0.3 is 0 Å². The van der Waals surface area contributed by atoms with E-state index in [1.807, 2.05) is 24.3 Å². The predicted molar refractivity (Wildman–Crippen MR) is 104 cm³/mol. The van der Waals surface area contributed by atoms with Gasteiger partial charge in [-0.15, -0.1) is 6.42 Å². The number of terminal acetylenes is 1. The van der Waals surface area contributed by atoms with Gasteiger partial charge in [0, 0.05) is 0 Å². The number of benzene rings is 2. The Bertz CT molecular complexity index is 1200. The average Bonchev–Trinajstić information content (AvgIpc) is 2.99. The highest BCUT2D eigenvalue weighted by Gasteiger charge is 2.19. The third-order valence-corrected chi connectivity index (χ3v) is 6.47. The molecule has 3 aromatic rings. The third kappa shape index (κ3) is 4.10. The molecule has 3 rings (SSSR count). The SMILES string of the molecule is C#CCn1c(=NC(=O)CS(=O)(=O)c2ccc(OC)cc2)sc2ccccc21. The summed E-state index contributed by atoms with van der Waals surface area (Å²) in [4.78, 5) is 16.8. The van der Waals surface area contributed by atoms with Crippen LogP contribution in [0, 0.1) is 12.3 Å². The highest BCUT2D eigenvalue weighted by atomic mass is 32.2. The molecular weight excluding hydrogens is 384 g/mol. The van der Waals surface area contributed by atoms with Gasteiger partial charge in [-0.3, -0.25) is 4.79 Å². The number of amides is 1. The van der Waals surface area contributed by atoms with Crippen LogP contribution in [0.25, 0.3) is 10.2 Å². The average molecular weight is 400 g/mol. The Morgan fingerprint density at radius 1 is 1.22 bits per heavy atom. The Balaban J connectivity index is 1.93. The van der Waals surface area contributed by atoms with E-state index in [2.05, 4.69) is 10.9 Å². The van der Waals surface area contributed by atoms with Gasteiger partial charge in [-0.2, -0.15) is 4.99 Å². The van der Waals surface area contributed by atoms with E-state index < -0.39 is 21.5 Å². The molecule has 8 heteroatoms. The number of carbonyl (C=O) groups excluding carboxylic acids is 1. The number of carbonyl (C=O) groups is 1. The highest BCUT2D eigenvalue weighted by molar-refractivity contribution is 7.92. The summed E-state index contributed by atoms with van der Waals surface area (Å²) in [6, 6.07) is 13.4. The van der Waals surface area contributed by atoms with Crippen molar-refractivity contribution < 1.29 is 17.9 Å². The van der Waals surface area contributed by atoms with Gasteiger partial charge < -0.3 is 9.30 Å². The fourth-order valence-electron chi connectivity index (χ4n) is 2.52. The van der Waals surface area contributed by atoms with Gasteiger partial charge in [0.05, 0.1) is 28.8 Å². The molecule has 1 amide bonds. The molecule has 0 aliphatic heterocycles. The van der Waals surface area contributed by atoms with Crippen LogP contribution in [0.4, 0.5) is 0 Å². The number of thiazole rings is 1. The highest BCUT2D eigenvalue weighted by Crippen LogP contribution is 2.18. The zero-order valence-electron chi connectivity index (χ0n) is 14.5. The van der Waals surface area contributed by atoms with Gasteiger partial charge in [0.25, 0.3) is 5.91 Å². The summed E-state index contributed by atoms with van der Waals surface area (Å²) in [5, 5.41) is 0. The van der Waals surface area contributed by atoms with Crippen LogP contribution < -0.4 is 9.54 Å². The topological polar surface area (TPSA) is 77.7 Å². The second kappa shape index (κ2) is 7.78. The Morgan fingerprint density at radius 3 is 2.59 bits per heavy atom. The molecular formula is C19H16N2O4S2. The Kier molecular flexibility index (Phi) is 5.44. The molecule has 0 fully saturated rings. The lowest BCUT2D eigenvalue weighted by molar-refractivity contribution is -0.115. The number of ether oxygens (including phenoxy) is 1. The van der Waals surface area contributed by atoms with Crippen LogP contribution >= 0.6 is 11.3 Å². The molecule has 1 aromatic heterocycles. The number of nitrogens with zero attached hydrogens (tertiary/aromatic N) is 2. The maximum absolute atomic E-state index is 12.5. The number of fused-ring (bicyclic) bond motifs is 1. The molecule has 0 aliphatic rings. The summed E-state index contributed by atoms with van der Waals surface area (Å²) < 4.78 is 32.6. The molecule has 0 unspecified atom stereocenters. The molecule has 1 heterocycles. The summed E-state index contributed by atoms with van der Waals surface area (Å²) >= 11 is 1.29. The van der Waals surface area contributed by atoms with E-state index in [4.69, 9.17) is 11.2 Å². The lowest BCUT2D eigenvalue weighted by Crippen LogP contribution is -2.20. The van der Waals surface area contributed by atoms with Gasteiger partial charge in [0.2, 0.25) is 0 Å². The molecule has 0 spiro atoms. The van der Waals surface area contributed by atoms with Crippen LogP contribution in [0.2, 0.25) is 0 Å². The maximum atomic E-state index is 12.5. The first-order chi connectivity index (χ1) is 12.9. The minimum atomic E-state index is -3.80. The molecule has 0 saturated carbocycles. The number of aromatic nitrogens is 1. The first kappa shape index (κ1) is 18.9. The van der Waals surface area contributed by atoms with E-state index in [1.165, 1.54) is 42.7 Å². The zero-order valence-corrected chi connectivity index (χ0v) is 16.1. The molecule has 0 saturated heterocycles. The molecule has 0 radical (unpaired) electrons. The van der Waals surface area contributed by atoms with Crippen molar-refractivity contribution in [2.75, 3.05) is 12.9 Å². The molecule has 0 aliphatic carbocycles. The van der Waals surface area contributed by atoms with Crippen LogP contribution in [0.3, 0.4) is 0 Å². The van der Waals surface area contributed by atoms with Crippen LogP contribution in [-0.2, 0) is 21.2 Å². The first-order valence-corrected chi connectivity index (χ1v) is 10.4. The summed E-state index contributed by atoms with van der Waals surface area (Å²) in [5.41, 5.74) is 0.852. The molecule has 27 heavy (non-hydrogen) atoms. The number of rotatable bonds is 5. The standard InChI is InChI=1S/C19H16N2O4S2/c1-3-12-21-16-6-4-5-7-17(16)26-19(21)20-18(22)13-27(23,24)15-10-8-14(25-2)9-11-15/h1,4-11H,12-13H2,2H3. The van der Waals surface area contributed by atoms with E-state index >= 15 is 0 Å². The van der Waals surface area contributed by atoms with Crippen LogP contribution in [0.5, 0.6) is 5.75 Å². The lowest BCUT2D eigenvalue weighted by Gasteiger charge is -2.04. The number of hydrogen-bond donors (Lipinski definition) is 0.